The van der Waals surface area contributed by atoms with E-state index in [2.05, 4.69) is 16.7 Å². The van der Waals surface area contributed by atoms with E-state index in [4.69, 9.17) is 23.2 Å². The average molecular weight is 359 g/mol. The maximum absolute atomic E-state index is 12.4. The van der Waals surface area contributed by atoms with E-state index >= 15 is 0 Å². The highest BCUT2D eigenvalue weighted by Gasteiger charge is 2.14. The SMILES string of the molecule is C[C@@H](Nc1ccc2ccccc2c1)C(=O)Nc1ccc(Cl)cc1Cl. The van der Waals surface area contributed by atoms with Gasteiger partial charge in [-0.05, 0) is 48.0 Å². The van der Waals surface area contributed by atoms with E-state index < -0.39 is 6.04 Å². The quantitative estimate of drug-likeness (QED) is 0.638. The molecule has 0 aliphatic rings. The molecule has 3 aromatic carbocycles. The minimum absolute atomic E-state index is 0.174. The van der Waals surface area contributed by atoms with Gasteiger partial charge in [-0.15, -0.1) is 0 Å². The Balaban J connectivity index is 1.70. The number of rotatable bonds is 4. The second-order valence-corrected chi connectivity index (χ2v) is 6.39. The standard InChI is InChI=1S/C19H16Cl2N2O/c1-12(19(24)23-18-9-7-15(20)11-17(18)21)22-16-8-6-13-4-2-3-5-14(13)10-16/h2-12,22H,1H3,(H,23,24)/t12-/m1/s1. The van der Waals surface area contributed by atoms with Crippen LogP contribution in [0.3, 0.4) is 0 Å². The highest BCUT2D eigenvalue weighted by Crippen LogP contribution is 2.26. The van der Waals surface area contributed by atoms with Crippen molar-refractivity contribution >= 4 is 51.3 Å². The Morgan fingerprint density at radius 2 is 1.71 bits per heavy atom. The van der Waals surface area contributed by atoms with Crippen LogP contribution in [-0.4, -0.2) is 11.9 Å². The third-order valence-corrected chi connectivity index (χ3v) is 4.26. The van der Waals surface area contributed by atoms with E-state index in [0.717, 1.165) is 16.5 Å². The predicted octanol–water partition coefficient (Wildman–Crippen LogP) is 5.59. The van der Waals surface area contributed by atoms with Gasteiger partial charge in [0.2, 0.25) is 5.91 Å². The molecule has 0 aliphatic carbocycles. The maximum Gasteiger partial charge on any atom is 0.246 e. The number of anilines is 2. The van der Waals surface area contributed by atoms with Crippen molar-refractivity contribution in [3.05, 3.63) is 70.7 Å². The number of hydrogen-bond acceptors (Lipinski definition) is 2. The number of halogens is 2. The molecular formula is C19H16Cl2N2O. The number of fused-ring (bicyclic) bond motifs is 1. The minimum Gasteiger partial charge on any atom is -0.374 e. The molecule has 0 saturated heterocycles. The Morgan fingerprint density at radius 1 is 0.958 bits per heavy atom. The molecule has 122 valence electrons. The summed E-state index contributed by atoms with van der Waals surface area (Å²) in [5, 5.41) is 9.23. The summed E-state index contributed by atoms with van der Waals surface area (Å²) >= 11 is 11.9. The van der Waals surface area contributed by atoms with E-state index in [-0.39, 0.29) is 5.91 Å². The van der Waals surface area contributed by atoms with Crippen LogP contribution in [0, 0.1) is 0 Å². The monoisotopic (exact) mass is 358 g/mol. The number of benzene rings is 3. The minimum atomic E-state index is -0.419. The highest BCUT2D eigenvalue weighted by atomic mass is 35.5. The average Bonchev–Trinajstić information content (AvgIpc) is 2.57. The van der Waals surface area contributed by atoms with Crippen molar-refractivity contribution in [3.63, 3.8) is 0 Å². The first-order valence-corrected chi connectivity index (χ1v) is 8.30. The van der Waals surface area contributed by atoms with Gasteiger partial charge in [0.15, 0.2) is 0 Å². The van der Waals surface area contributed by atoms with Gasteiger partial charge in [-0.3, -0.25) is 4.79 Å². The Labute approximate surface area is 150 Å². The lowest BCUT2D eigenvalue weighted by atomic mass is 10.1. The summed E-state index contributed by atoms with van der Waals surface area (Å²) in [4.78, 5) is 12.4. The van der Waals surface area contributed by atoms with Gasteiger partial charge >= 0.3 is 0 Å². The van der Waals surface area contributed by atoms with Gasteiger partial charge in [0.25, 0.3) is 0 Å². The van der Waals surface area contributed by atoms with Crippen molar-refractivity contribution in [1.29, 1.82) is 0 Å². The van der Waals surface area contributed by atoms with Gasteiger partial charge in [0.05, 0.1) is 10.7 Å². The fourth-order valence-electron chi connectivity index (χ4n) is 2.43. The summed E-state index contributed by atoms with van der Waals surface area (Å²) in [5.74, 6) is -0.174. The molecule has 0 bridgehead atoms. The first kappa shape index (κ1) is 16.6. The van der Waals surface area contributed by atoms with Crippen LogP contribution in [0.4, 0.5) is 11.4 Å². The van der Waals surface area contributed by atoms with Crippen LogP contribution in [0.5, 0.6) is 0 Å². The first-order valence-electron chi connectivity index (χ1n) is 7.54. The van der Waals surface area contributed by atoms with Gasteiger partial charge < -0.3 is 10.6 Å². The number of nitrogens with one attached hydrogen (secondary N) is 2. The van der Waals surface area contributed by atoms with Gasteiger partial charge in [-0.1, -0.05) is 53.5 Å². The lowest BCUT2D eigenvalue weighted by Crippen LogP contribution is -2.31. The molecule has 3 aromatic rings. The number of carbonyl (C=O) groups is 1. The summed E-state index contributed by atoms with van der Waals surface area (Å²) in [5.41, 5.74) is 1.43. The highest BCUT2D eigenvalue weighted by molar-refractivity contribution is 6.36. The molecule has 0 heterocycles. The Morgan fingerprint density at radius 3 is 2.46 bits per heavy atom. The summed E-state index contributed by atoms with van der Waals surface area (Å²) in [6.07, 6.45) is 0. The molecular weight excluding hydrogens is 343 g/mol. The van der Waals surface area contributed by atoms with E-state index in [1.807, 2.05) is 36.4 Å². The normalized spacial score (nSPS) is 12.0. The maximum atomic E-state index is 12.4. The van der Waals surface area contributed by atoms with Crippen molar-refractivity contribution in [2.75, 3.05) is 10.6 Å². The van der Waals surface area contributed by atoms with E-state index in [1.165, 1.54) is 0 Å². The molecule has 1 amide bonds. The Bertz CT molecular complexity index is 895. The van der Waals surface area contributed by atoms with Crippen LogP contribution in [0.25, 0.3) is 10.8 Å². The van der Waals surface area contributed by atoms with Crippen molar-refractivity contribution in [1.82, 2.24) is 0 Å². The number of amides is 1. The molecule has 1 atom stereocenters. The van der Waals surface area contributed by atoms with E-state index in [9.17, 15) is 4.79 Å². The van der Waals surface area contributed by atoms with Gasteiger partial charge in [0, 0.05) is 10.7 Å². The molecule has 0 unspecified atom stereocenters. The van der Waals surface area contributed by atoms with Crippen molar-refractivity contribution in [2.24, 2.45) is 0 Å². The largest absolute Gasteiger partial charge is 0.374 e. The number of carbonyl (C=O) groups excluding carboxylic acids is 1. The molecule has 2 N–H and O–H groups in total. The van der Waals surface area contributed by atoms with Crippen LogP contribution in [0.15, 0.2) is 60.7 Å². The predicted molar refractivity (Wildman–Crippen MR) is 102 cm³/mol. The van der Waals surface area contributed by atoms with Crippen molar-refractivity contribution < 1.29 is 4.79 Å². The molecule has 0 fully saturated rings. The molecule has 3 nitrogen and oxygen atoms in total. The van der Waals surface area contributed by atoms with Crippen molar-refractivity contribution in [3.8, 4) is 0 Å². The van der Waals surface area contributed by atoms with Gasteiger partial charge in [-0.25, -0.2) is 0 Å². The lowest BCUT2D eigenvalue weighted by molar-refractivity contribution is -0.116. The summed E-state index contributed by atoms with van der Waals surface area (Å²) in [6, 6.07) is 18.6. The third kappa shape index (κ3) is 3.81. The topological polar surface area (TPSA) is 41.1 Å². The fourth-order valence-corrected chi connectivity index (χ4v) is 2.88. The van der Waals surface area contributed by atoms with Crippen LogP contribution < -0.4 is 10.6 Å². The Hall–Kier alpha value is -2.23. The molecule has 0 spiro atoms. The molecule has 24 heavy (non-hydrogen) atoms. The van der Waals surface area contributed by atoms with Crippen molar-refractivity contribution in [2.45, 2.75) is 13.0 Å². The lowest BCUT2D eigenvalue weighted by Gasteiger charge is -2.16. The second-order valence-electron chi connectivity index (χ2n) is 5.54. The zero-order chi connectivity index (χ0) is 17.1. The molecule has 3 rings (SSSR count). The summed E-state index contributed by atoms with van der Waals surface area (Å²) in [7, 11) is 0. The van der Waals surface area contributed by atoms with Gasteiger partial charge in [0.1, 0.15) is 6.04 Å². The number of hydrogen-bond donors (Lipinski definition) is 2. The fraction of sp³-hybridized carbons (Fsp3) is 0.105. The smallest absolute Gasteiger partial charge is 0.246 e. The molecule has 0 aliphatic heterocycles. The second kappa shape index (κ2) is 7.12. The zero-order valence-corrected chi connectivity index (χ0v) is 14.5. The summed E-state index contributed by atoms with van der Waals surface area (Å²) < 4.78 is 0. The van der Waals surface area contributed by atoms with Crippen LogP contribution in [-0.2, 0) is 4.79 Å². The molecule has 5 heteroatoms. The Kier molecular flexibility index (Phi) is 4.93. The molecule has 0 aromatic heterocycles. The summed E-state index contributed by atoms with van der Waals surface area (Å²) in [6.45, 7) is 1.80. The molecule has 0 radical (unpaired) electrons. The van der Waals surface area contributed by atoms with E-state index in [0.29, 0.717) is 15.7 Å². The van der Waals surface area contributed by atoms with Crippen LogP contribution in [0.2, 0.25) is 10.0 Å². The third-order valence-electron chi connectivity index (χ3n) is 3.71. The van der Waals surface area contributed by atoms with E-state index in [1.54, 1.807) is 25.1 Å². The van der Waals surface area contributed by atoms with Crippen LogP contribution >= 0.6 is 23.2 Å². The molecule has 0 saturated carbocycles. The first-order chi connectivity index (χ1) is 11.5. The van der Waals surface area contributed by atoms with Crippen LogP contribution in [0.1, 0.15) is 6.92 Å². The van der Waals surface area contributed by atoms with Gasteiger partial charge in [-0.2, -0.15) is 0 Å². The zero-order valence-electron chi connectivity index (χ0n) is 13.0.